The van der Waals surface area contributed by atoms with Crippen LogP contribution in [0.3, 0.4) is 0 Å². The Morgan fingerprint density at radius 3 is 2.34 bits per heavy atom. The Labute approximate surface area is 203 Å². The largest absolute Gasteiger partial charge is 0.466 e. The van der Waals surface area contributed by atoms with Crippen molar-refractivity contribution in [2.24, 2.45) is 7.05 Å². The van der Waals surface area contributed by atoms with Gasteiger partial charge in [0, 0.05) is 34.1 Å². The highest BCUT2D eigenvalue weighted by Gasteiger charge is 2.34. The van der Waals surface area contributed by atoms with Crippen LogP contribution in [0, 0.1) is 0 Å². The fraction of sp³-hybridized carbons (Fsp3) is 0.333. The number of nitrogens with zero attached hydrogens (tertiary/aromatic N) is 4. The molecule has 4 rings (SSSR count). The van der Waals surface area contributed by atoms with E-state index >= 15 is 0 Å². The van der Waals surface area contributed by atoms with Gasteiger partial charge in [-0.05, 0) is 36.8 Å². The van der Waals surface area contributed by atoms with E-state index in [-0.39, 0.29) is 36.3 Å². The summed E-state index contributed by atoms with van der Waals surface area (Å²) in [6.45, 7) is 0.253. The van der Waals surface area contributed by atoms with Crippen LogP contribution in [0.5, 0.6) is 0 Å². The van der Waals surface area contributed by atoms with Crippen LogP contribution in [0.15, 0.2) is 47.4 Å². The van der Waals surface area contributed by atoms with E-state index in [2.05, 4.69) is 4.98 Å². The molecule has 10 nitrogen and oxygen atoms in total. The average Bonchev–Trinajstić information content (AvgIpc) is 3.28. The summed E-state index contributed by atoms with van der Waals surface area (Å²) < 4.78 is 33.0. The number of imide groups is 1. The number of hydrogen-bond donors (Lipinski definition) is 0. The second-order valence-corrected chi connectivity index (χ2v) is 10.6. The summed E-state index contributed by atoms with van der Waals surface area (Å²) in [5.74, 6) is -0.460. The van der Waals surface area contributed by atoms with Crippen LogP contribution in [-0.4, -0.2) is 72.2 Å². The third-order valence-corrected chi connectivity index (χ3v) is 7.75. The molecule has 0 saturated carbocycles. The number of imidazole rings is 1. The third kappa shape index (κ3) is 4.69. The first-order valence-electron chi connectivity index (χ1n) is 11.1. The van der Waals surface area contributed by atoms with Gasteiger partial charge in [0.05, 0.1) is 40.1 Å². The molecule has 0 aliphatic carbocycles. The number of aromatic nitrogens is 2. The molecule has 1 aliphatic rings. The molecule has 2 amide bonds. The minimum Gasteiger partial charge on any atom is -0.466 e. The van der Waals surface area contributed by atoms with E-state index in [1.807, 2.05) is 4.57 Å². The van der Waals surface area contributed by atoms with Crippen molar-refractivity contribution >= 4 is 38.8 Å². The van der Waals surface area contributed by atoms with Gasteiger partial charge in [-0.15, -0.1) is 0 Å². The molecule has 11 heteroatoms. The molecular weight excluding hydrogens is 472 g/mol. The number of carbonyl (C=O) groups excluding carboxylic acids is 3. The zero-order chi connectivity index (χ0) is 25.3. The summed E-state index contributed by atoms with van der Waals surface area (Å²) >= 11 is 0. The molecule has 0 spiro atoms. The van der Waals surface area contributed by atoms with Crippen LogP contribution >= 0.6 is 0 Å². The monoisotopic (exact) mass is 498 g/mol. The lowest BCUT2D eigenvalue weighted by molar-refractivity contribution is -0.143. The molecule has 2 aromatic carbocycles. The maximum Gasteiger partial charge on any atom is 0.306 e. The number of hydrogen-bond acceptors (Lipinski definition) is 7. The normalized spacial score (nSPS) is 13.7. The molecule has 0 radical (unpaired) electrons. The lowest BCUT2D eigenvalue weighted by Crippen LogP contribution is -2.31. The second kappa shape index (κ2) is 9.59. The minimum atomic E-state index is -3.57. The lowest BCUT2D eigenvalue weighted by atomic mass is 10.1. The van der Waals surface area contributed by atoms with Crippen molar-refractivity contribution < 1.29 is 27.5 Å². The highest BCUT2D eigenvalue weighted by atomic mass is 32.2. The molecule has 3 aromatic rings. The summed E-state index contributed by atoms with van der Waals surface area (Å²) in [4.78, 5) is 42.8. The number of ether oxygens (including phenoxy) is 1. The number of amides is 2. The number of esters is 1. The fourth-order valence-electron chi connectivity index (χ4n) is 3.96. The first-order chi connectivity index (χ1) is 16.6. The topological polar surface area (TPSA) is 119 Å². The number of rotatable bonds is 9. The molecular formula is C24H26N4O6S. The molecule has 2 heterocycles. The van der Waals surface area contributed by atoms with E-state index in [1.165, 1.54) is 31.1 Å². The van der Waals surface area contributed by atoms with E-state index in [4.69, 9.17) is 4.74 Å². The molecule has 0 unspecified atom stereocenters. The summed E-state index contributed by atoms with van der Waals surface area (Å²) in [5, 5.41) is 0. The Bertz CT molecular complexity index is 1390. The van der Waals surface area contributed by atoms with E-state index in [9.17, 15) is 22.8 Å². The highest BCUT2D eigenvalue weighted by Crippen LogP contribution is 2.23. The van der Waals surface area contributed by atoms with Crippen LogP contribution in [0.1, 0.15) is 39.4 Å². The lowest BCUT2D eigenvalue weighted by Gasteiger charge is -2.13. The van der Waals surface area contributed by atoms with Crippen LogP contribution in [-0.2, 0) is 33.0 Å². The van der Waals surface area contributed by atoms with Crippen LogP contribution in [0.25, 0.3) is 11.0 Å². The quantitative estimate of drug-likeness (QED) is 0.251. The average molecular weight is 499 g/mol. The number of fused-ring (bicyclic) bond motifs is 2. The first-order valence-corrected chi connectivity index (χ1v) is 12.5. The van der Waals surface area contributed by atoms with Crippen molar-refractivity contribution in [1.29, 1.82) is 0 Å². The van der Waals surface area contributed by atoms with Crippen LogP contribution in [0.4, 0.5) is 0 Å². The van der Waals surface area contributed by atoms with E-state index in [0.717, 1.165) is 9.82 Å². The van der Waals surface area contributed by atoms with Crippen molar-refractivity contribution in [2.45, 2.75) is 24.2 Å². The molecule has 0 fully saturated rings. The summed E-state index contributed by atoms with van der Waals surface area (Å²) in [7, 11) is 1.16. The highest BCUT2D eigenvalue weighted by molar-refractivity contribution is 7.89. The number of aryl methyl sites for hydroxylation is 2. The predicted molar refractivity (Wildman–Crippen MR) is 127 cm³/mol. The smallest absolute Gasteiger partial charge is 0.306 e. The molecule has 0 atom stereocenters. The van der Waals surface area contributed by atoms with Crippen molar-refractivity contribution in [2.75, 3.05) is 27.2 Å². The van der Waals surface area contributed by atoms with Crippen molar-refractivity contribution in [3.05, 3.63) is 59.4 Å². The van der Waals surface area contributed by atoms with E-state index in [0.29, 0.717) is 35.3 Å². The molecule has 1 aromatic heterocycles. The Morgan fingerprint density at radius 2 is 1.71 bits per heavy atom. The van der Waals surface area contributed by atoms with Gasteiger partial charge in [0.25, 0.3) is 11.8 Å². The SMILES string of the molecule is CN(C)S(=O)(=O)c1ccc2c(c1)nc(CCC(=O)OCCCN1C(=O)c3ccccc3C1=O)n2C. The van der Waals surface area contributed by atoms with Gasteiger partial charge in [-0.3, -0.25) is 19.3 Å². The Balaban J connectivity index is 1.29. The molecule has 0 bridgehead atoms. The third-order valence-electron chi connectivity index (χ3n) is 5.94. The Morgan fingerprint density at radius 1 is 1.06 bits per heavy atom. The zero-order valence-corrected chi connectivity index (χ0v) is 20.5. The summed E-state index contributed by atoms with van der Waals surface area (Å²) in [6.07, 6.45) is 0.748. The van der Waals surface area contributed by atoms with Gasteiger partial charge in [-0.2, -0.15) is 0 Å². The second-order valence-electron chi connectivity index (χ2n) is 8.41. The molecule has 184 valence electrons. The van der Waals surface area contributed by atoms with E-state index in [1.54, 1.807) is 37.4 Å². The van der Waals surface area contributed by atoms with Gasteiger partial charge < -0.3 is 9.30 Å². The Kier molecular flexibility index (Phi) is 6.73. The maximum atomic E-state index is 12.4. The van der Waals surface area contributed by atoms with Gasteiger partial charge in [0.2, 0.25) is 10.0 Å². The zero-order valence-electron chi connectivity index (χ0n) is 19.7. The first kappa shape index (κ1) is 24.6. The molecule has 1 aliphatic heterocycles. The van der Waals surface area contributed by atoms with Crippen LogP contribution in [0.2, 0.25) is 0 Å². The molecule has 0 saturated heterocycles. The van der Waals surface area contributed by atoms with Gasteiger partial charge >= 0.3 is 5.97 Å². The number of sulfonamides is 1. The van der Waals surface area contributed by atoms with Gasteiger partial charge in [-0.1, -0.05) is 12.1 Å². The molecule has 35 heavy (non-hydrogen) atoms. The number of carbonyl (C=O) groups is 3. The standard InChI is InChI=1S/C24H26N4O6S/c1-26(2)35(32,33)16-9-10-20-19(15-16)25-21(27(20)3)11-12-22(29)34-14-6-13-28-23(30)17-7-4-5-8-18(17)24(28)31/h4-5,7-10,15H,6,11-14H2,1-3H3. The predicted octanol–water partition coefficient (Wildman–Crippen LogP) is 1.99. The van der Waals surface area contributed by atoms with Crippen molar-refractivity contribution in [1.82, 2.24) is 18.8 Å². The molecule has 0 N–H and O–H groups in total. The van der Waals surface area contributed by atoms with Gasteiger partial charge in [0.1, 0.15) is 5.82 Å². The van der Waals surface area contributed by atoms with Crippen molar-refractivity contribution in [3.63, 3.8) is 0 Å². The maximum absolute atomic E-state index is 12.4. The van der Waals surface area contributed by atoms with Gasteiger partial charge in [-0.25, -0.2) is 17.7 Å². The van der Waals surface area contributed by atoms with Gasteiger partial charge in [0.15, 0.2) is 0 Å². The number of benzene rings is 2. The minimum absolute atomic E-state index is 0.0839. The summed E-state index contributed by atoms with van der Waals surface area (Å²) in [6, 6.07) is 11.4. The fourth-order valence-corrected chi connectivity index (χ4v) is 4.88. The van der Waals surface area contributed by atoms with Crippen molar-refractivity contribution in [3.8, 4) is 0 Å². The van der Waals surface area contributed by atoms with E-state index < -0.39 is 16.0 Å². The van der Waals surface area contributed by atoms with Crippen LogP contribution < -0.4 is 0 Å². The Hall–Kier alpha value is -3.57. The summed E-state index contributed by atoms with van der Waals surface area (Å²) in [5.41, 5.74) is 2.07.